The highest BCUT2D eigenvalue weighted by molar-refractivity contribution is 6.30. The normalized spacial score (nSPS) is 20.8. The third-order valence-electron chi connectivity index (χ3n) is 3.21. The zero-order valence-electron chi connectivity index (χ0n) is 9.85. The van der Waals surface area contributed by atoms with Gasteiger partial charge in [-0.3, -0.25) is 0 Å². The molecule has 1 fully saturated rings. The van der Waals surface area contributed by atoms with Gasteiger partial charge in [-0.05, 0) is 44.0 Å². The van der Waals surface area contributed by atoms with E-state index in [1.165, 1.54) is 18.4 Å². The van der Waals surface area contributed by atoms with Gasteiger partial charge in [0.05, 0.1) is 7.11 Å². The Morgan fingerprint density at radius 2 is 2.25 bits per heavy atom. The van der Waals surface area contributed by atoms with E-state index in [1.54, 1.807) is 7.11 Å². The van der Waals surface area contributed by atoms with Crippen LogP contribution in [0.4, 0.5) is 0 Å². The fraction of sp³-hybridized carbons (Fsp3) is 0.538. The summed E-state index contributed by atoms with van der Waals surface area (Å²) in [6, 6.07) is 4.01. The summed E-state index contributed by atoms with van der Waals surface area (Å²) in [7, 11) is 1.73. The summed E-state index contributed by atoms with van der Waals surface area (Å²) >= 11 is 6.12. The van der Waals surface area contributed by atoms with Crippen LogP contribution in [0.15, 0.2) is 12.1 Å². The molecule has 1 aliphatic heterocycles. The van der Waals surface area contributed by atoms with Crippen LogP contribution in [0.3, 0.4) is 0 Å². The summed E-state index contributed by atoms with van der Waals surface area (Å²) in [5, 5.41) is 4.23. The molecule has 1 aromatic rings. The molecule has 1 heterocycles. The van der Waals surface area contributed by atoms with Crippen LogP contribution in [0.2, 0.25) is 5.02 Å². The van der Waals surface area contributed by atoms with Crippen molar-refractivity contribution in [1.82, 2.24) is 5.32 Å². The van der Waals surface area contributed by atoms with Crippen molar-refractivity contribution in [1.29, 1.82) is 0 Å². The SMILES string of the molecule is COc1c(C)cc(Cl)cc1C1CCCNC1. The second-order valence-corrected chi connectivity index (χ2v) is 4.82. The maximum Gasteiger partial charge on any atom is 0.125 e. The Labute approximate surface area is 102 Å². The second kappa shape index (κ2) is 5.07. The van der Waals surface area contributed by atoms with Gasteiger partial charge in [0.1, 0.15) is 5.75 Å². The topological polar surface area (TPSA) is 21.3 Å². The zero-order chi connectivity index (χ0) is 11.5. The Morgan fingerprint density at radius 1 is 1.44 bits per heavy atom. The van der Waals surface area contributed by atoms with Crippen LogP contribution in [0.5, 0.6) is 5.75 Å². The van der Waals surface area contributed by atoms with E-state index in [0.29, 0.717) is 5.92 Å². The highest BCUT2D eigenvalue weighted by Crippen LogP contribution is 2.35. The number of piperidine rings is 1. The molecule has 1 N–H and O–H groups in total. The van der Waals surface area contributed by atoms with Gasteiger partial charge in [0.2, 0.25) is 0 Å². The van der Waals surface area contributed by atoms with Gasteiger partial charge in [-0.15, -0.1) is 0 Å². The zero-order valence-corrected chi connectivity index (χ0v) is 10.6. The molecule has 88 valence electrons. The first-order chi connectivity index (χ1) is 7.72. The van der Waals surface area contributed by atoms with Gasteiger partial charge in [0, 0.05) is 23.0 Å². The van der Waals surface area contributed by atoms with E-state index in [0.717, 1.165) is 29.4 Å². The summed E-state index contributed by atoms with van der Waals surface area (Å²) in [6.07, 6.45) is 2.43. The van der Waals surface area contributed by atoms with E-state index in [2.05, 4.69) is 5.32 Å². The van der Waals surface area contributed by atoms with Crippen molar-refractivity contribution in [3.63, 3.8) is 0 Å². The fourth-order valence-electron chi connectivity index (χ4n) is 2.46. The van der Waals surface area contributed by atoms with Crippen LogP contribution < -0.4 is 10.1 Å². The Morgan fingerprint density at radius 3 is 2.88 bits per heavy atom. The number of ether oxygens (including phenoxy) is 1. The molecule has 3 heteroatoms. The summed E-state index contributed by atoms with van der Waals surface area (Å²) in [5.74, 6) is 1.53. The summed E-state index contributed by atoms with van der Waals surface area (Å²) in [5.41, 5.74) is 2.37. The average Bonchev–Trinajstić information content (AvgIpc) is 2.29. The number of aryl methyl sites for hydroxylation is 1. The quantitative estimate of drug-likeness (QED) is 0.856. The van der Waals surface area contributed by atoms with Crippen LogP contribution in [-0.2, 0) is 0 Å². The predicted octanol–water partition coefficient (Wildman–Crippen LogP) is 3.12. The third kappa shape index (κ3) is 2.33. The van der Waals surface area contributed by atoms with Crippen LogP contribution in [-0.4, -0.2) is 20.2 Å². The molecule has 0 saturated carbocycles. The van der Waals surface area contributed by atoms with E-state index in [1.807, 2.05) is 19.1 Å². The van der Waals surface area contributed by atoms with Gasteiger partial charge >= 0.3 is 0 Å². The number of hydrogen-bond donors (Lipinski definition) is 1. The maximum absolute atomic E-state index is 6.12. The summed E-state index contributed by atoms with van der Waals surface area (Å²) in [4.78, 5) is 0. The summed E-state index contributed by atoms with van der Waals surface area (Å²) < 4.78 is 5.50. The minimum absolute atomic E-state index is 0.529. The largest absolute Gasteiger partial charge is 0.496 e. The highest BCUT2D eigenvalue weighted by Gasteiger charge is 2.20. The molecule has 2 rings (SSSR count). The molecule has 16 heavy (non-hydrogen) atoms. The van der Waals surface area contributed by atoms with Crippen LogP contribution in [0.1, 0.15) is 29.9 Å². The van der Waals surface area contributed by atoms with E-state index in [9.17, 15) is 0 Å². The van der Waals surface area contributed by atoms with Crippen LogP contribution in [0, 0.1) is 6.92 Å². The van der Waals surface area contributed by atoms with Gasteiger partial charge in [0.25, 0.3) is 0 Å². The standard InChI is InChI=1S/C13H18ClNO/c1-9-6-11(14)7-12(13(9)16-2)10-4-3-5-15-8-10/h6-7,10,15H,3-5,8H2,1-2H3. The van der Waals surface area contributed by atoms with Crippen LogP contribution >= 0.6 is 11.6 Å². The molecule has 1 aromatic carbocycles. The molecule has 0 aromatic heterocycles. The lowest BCUT2D eigenvalue weighted by Crippen LogP contribution is -2.28. The number of rotatable bonds is 2. The van der Waals surface area contributed by atoms with Crippen molar-refractivity contribution < 1.29 is 4.74 Å². The maximum atomic E-state index is 6.12. The second-order valence-electron chi connectivity index (χ2n) is 4.39. The van der Waals surface area contributed by atoms with Crippen molar-refractivity contribution in [2.45, 2.75) is 25.7 Å². The Hall–Kier alpha value is -0.730. The van der Waals surface area contributed by atoms with E-state index < -0.39 is 0 Å². The van der Waals surface area contributed by atoms with Crippen molar-refractivity contribution in [3.8, 4) is 5.75 Å². The Bertz CT molecular complexity index is 372. The number of hydrogen-bond acceptors (Lipinski definition) is 2. The molecular weight excluding hydrogens is 222 g/mol. The van der Waals surface area contributed by atoms with Gasteiger partial charge in [-0.25, -0.2) is 0 Å². The monoisotopic (exact) mass is 239 g/mol. The molecule has 0 bridgehead atoms. The van der Waals surface area contributed by atoms with Crippen molar-refractivity contribution in [3.05, 3.63) is 28.3 Å². The third-order valence-corrected chi connectivity index (χ3v) is 3.43. The van der Waals surface area contributed by atoms with Crippen LogP contribution in [0.25, 0.3) is 0 Å². The first-order valence-corrected chi connectivity index (χ1v) is 6.15. The van der Waals surface area contributed by atoms with E-state index in [4.69, 9.17) is 16.3 Å². The van der Waals surface area contributed by atoms with E-state index >= 15 is 0 Å². The van der Waals surface area contributed by atoms with Crippen molar-refractivity contribution in [2.24, 2.45) is 0 Å². The molecule has 2 nitrogen and oxygen atoms in total. The molecule has 1 atom stereocenters. The smallest absolute Gasteiger partial charge is 0.125 e. The molecule has 1 aliphatic rings. The molecule has 0 radical (unpaired) electrons. The molecule has 1 saturated heterocycles. The number of nitrogens with one attached hydrogen (secondary N) is 1. The molecule has 1 unspecified atom stereocenters. The van der Waals surface area contributed by atoms with E-state index in [-0.39, 0.29) is 0 Å². The van der Waals surface area contributed by atoms with Crippen molar-refractivity contribution >= 4 is 11.6 Å². The Kier molecular flexibility index (Phi) is 3.72. The minimum atomic E-state index is 0.529. The lowest BCUT2D eigenvalue weighted by molar-refractivity contribution is 0.389. The molecule has 0 amide bonds. The van der Waals surface area contributed by atoms with Crippen molar-refractivity contribution in [2.75, 3.05) is 20.2 Å². The minimum Gasteiger partial charge on any atom is -0.496 e. The summed E-state index contributed by atoms with van der Waals surface area (Å²) in [6.45, 7) is 4.19. The van der Waals surface area contributed by atoms with Gasteiger partial charge < -0.3 is 10.1 Å². The fourth-order valence-corrected chi connectivity index (χ4v) is 2.74. The lowest BCUT2D eigenvalue weighted by atomic mass is 9.90. The lowest BCUT2D eigenvalue weighted by Gasteiger charge is -2.25. The molecule has 0 spiro atoms. The number of benzene rings is 1. The predicted molar refractivity (Wildman–Crippen MR) is 67.6 cm³/mol. The van der Waals surface area contributed by atoms with Gasteiger partial charge in [-0.1, -0.05) is 11.6 Å². The Balaban J connectivity index is 2.36. The first kappa shape index (κ1) is 11.7. The number of halogens is 1. The van der Waals surface area contributed by atoms with Gasteiger partial charge in [-0.2, -0.15) is 0 Å². The molecular formula is C13H18ClNO. The first-order valence-electron chi connectivity index (χ1n) is 5.77. The molecule has 0 aliphatic carbocycles. The highest BCUT2D eigenvalue weighted by atomic mass is 35.5. The average molecular weight is 240 g/mol. The van der Waals surface area contributed by atoms with Gasteiger partial charge in [0.15, 0.2) is 0 Å². The number of methoxy groups -OCH3 is 1.